The van der Waals surface area contributed by atoms with E-state index in [2.05, 4.69) is 65.5 Å². The van der Waals surface area contributed by atoms with Crippen LogP contribution in [-0.4, -0.2) is 36.0 Å². The van der Waals surface area contributed by atoms with Crippen LogP contribution in [0.5, 0.6) is 0 Å². The molecule has 0 heterocycles. The topological polar surface area (TPSA) is 23.6 Å². The van der Waals surface area contributed by atoms with Crippen molar-refractivity contribution in [1.82, 2.24) is 4.90 Å². The summed E-state index contributed by atoms with van der Waals surface area (Å²) in [6.45, 7) is 16.9. The van der Waals surface area contributed by atoms with Crippen LogP contribution in [-0.2, 0) is 4.79 Å². The minimum absolute atomic E-state index is 0.170. The smallest absolute Gasteiger partial charge is 0.241 e. The minimum Gasteiger partial charge on any atom is -0.306 e. The van der Waals surface area contributed by atoms with Gasteiger partial charge < -0.3 is 4.90 Å². The molecule has 0 unspecified atom stereocenters. The fraction of sp³-hybridized carbons (Fsp3) is 0.611. The van der Waals surface area contributed by atoms with E-state index in [1.807, 2.05) is 11.0 Å². The van der Waals surface area contributed by atoms with Gasteiger partial charge in [0.15, 0.2) is 0 Å². The number of hydrogen-bond acceptors (Lipinski definition) is 2. The second-order valence-electron chi connectivity index (χ2n) is 6.60. The number of benzene rings is 1. The number of hydrogen-bond donors (Lipinski definition) is 0. The molecular weight excluding hydrogens is 260 g/mol. The average Bonchev–Trinajstić information content (AvgIpc) is 2.38. The summed E-state index contributed by atoms with van der Waals surface area (Å²) in [4.78, 5) is 17.0. The molecule has 1 rings (SSSR count). The summed E-state index contributed by atoms with van der Waals surface area (Å²) >= 11 is 0. The van der Waals surface area contributed by atoms with Crippen LogP contribution in [0.1, 0.15) is 45.7 Å². The maximum atomic E-state index is 12.9. The molecule has 0 saturated carbocycles. The first-order valence-corrected chi connectivity index (χ1v) is 7.84. The van der Waals surface area contributed by atoms with Crippen molar-refractivity contribution in [2.24, 2.45) is 0 Å². The van der Waals surface area contributed by atoms with Gasteiger partial charge in [-0.25, -0.2) is 0 Å². The van der Waals surface area contributed by atoms with Crippen LogP contribution < -0.4 is 4.90 Å². The van der Waals surface area contributed by atoms with Crippen LogP contribution in [0.25, 0.3) is 0 Å². The maximum Gasteiger partial charge on any atom is 0.241 e. The lowest BCUT2D eigenvalue weighted by Gasteiger charge is -2.39. The van der Waals surface area contributed by atoms with Crippen molar-refractivity contribution in [2.45, 2.75) is 54.0 Å². The number of amides is 1. The molecule has 0 N–H and O–H groups in total. The van der Waals surface area contributed by atoms with Gasteiger partial charge in [-0.2, -0.15) is 0 Å². The molecule has 21 heavy (non-hydrogen) atoms. The first kappa shape index (κ1) is 17.7. The third-order valence-corrected chi connectivity index (χ3v) is 3.84. The number of anilines is 1. The van der Waals surface area contributed by atoms with Gasteiger partial charge in [-0.15, -0.1) is 0 Å². The molecule has 1 aromatic carbocycles. The highest BCUT2D eigenvalue weighted by Crippen LogP contribution is 2.30. The van der Waals surface area contributed by atoms with Crippen molar-refractivity contribution in [3.05, 3.63) is 29.3 Å². The molecule has 0 saturated heterocycles. The van der Waals surface area contributed by atoms with E-state index < -0.39 is 0 Å². The molecule has 118 valence electrons. The molecule has 1 aromatic rings. The van der Waals surface area contributed by atoms with Crippen LogP contribution in [0.2, 0.25) is 0 Å². The second kappa shape index (κ2) is 7.08. The number of carbonyl (C=O) groups is 1. The molecule has 0 aliphatic heterocycles. The van der Waals surface area contributed by atoms with Crippen molar-refractivity contribution in [1.29, 1.82) is 0 Å². The highest BCUT2D eigenvalue weighted by molar-refractivity contribution is 5.97. The molecule has 3 heteroatoms. The highest BCUT2D eigenvalue weighted by atomic mass is 16.2. The SMILES string of the molecule is CCN(CC)CC(=O)N(c1c(C)cccc1C)C(C)(C)C. The molecule has 3 nitrogen and oxygen atoms in total. The Bertz CT molecular complexity index is 464. The van der Waals surface area contributed by atoms with Crippen molar-refractivity contribution in [3.8, 4) is 0 Å². The lowest BCUT2D eigenvalue weighted by atomic mass is 9.99. The fourth-order valence-corrected chi connectivity index (χ4v) is 2.70. The van der Waals surface area contributed by atoms with E-state index in [0.29, 0.717) is 6.54 Å². The second-order valence-corrected chi connectivity index (χ2v) is 6.60. The van der Waals surface area contributed by atoms with E-state index in [1.165, 1.54) is 0 Å². The van der Waals surface area contributed by atoms with Gasteiger partial charge in [-0.1, -0.05) is 32.0 Å². The zero-order chi connectivity index (χ0) is 16.2. The van der Waals surface area contributed by atoms with Gasteiger partial charge in [0.2, 0.25) is 5.91 Å². The van der Waals surface area contributed by atoms with E-state index in [1.54, 1.807) is 0 Å². The quantitative estimate of drug-likeness (QED) is 0.824. The first-order chi connectivity index (χ1) is 9.72. The third-order valence-electron chi connectivity index (χ3n) is 3.84. The standard InChI is InChI=1S/C18H30N2O/c1-8-19(9-2)13-16(21)20(18(5,6)7)17-14(3)11-10-12-15(17)4/h10-12H,8-9,13H2,1-7H3. The third kappa shape index (κ3) is 4.31. The predicted molar refractivity (Wildman–Crippen MR) is 90.9 cm³/mol. The van der Waals surface area contributed by atoms with E-state index in [-0.39, 0.29) is 11.4 Å². The van der Waals surface area contributed by atoms with Crippen LogP contribution in [0.3, 0.4) is 0 Å². The van der Waals surface area contributed by atoms with Crippen LogP contribution in [0.15, 0.2) is 18.2 Å². The normalized spacial score (nSPS) is 11.8. The van der Waals surface area contributed by atoms with Gasteiger partial charge in [-0.3, -0.25) is 9.69 Å². The monoisotopic (exact) mass is 290 g/mol. The summed E-state index contributed by atoms with van der Waals surface area (Å²) in [5, 5.41) is 0. The lowest BCUT2D eigenvalue weighted by molar-refractivity contribution is -0.120. The summed E-state index contributed by atoms with van der Waals surface area (Å²) in [5.41, 5.74) is 3.12. The van der Waals surface area contributed by atoms with E-state index in [9.17, 15) is 4.79 Å². The summed E-state index contributed by atoms with van der Waals surface area (Å²) in [6.07, 6.45) is 0. The van der Waals surface area contributed by atoms with E-state index in [4.69, 9.17) is 0 Å². The summed E-state index contributed by atoms with van der Waals surface area (Å²) in [5.74, 6) is 0.170. The Morgan fingerprint density at radius 1 is 1.05 bits per heavy atom. The summed E-state index contributed by atoms with van der Waals surface area (Å²) in [7, 11) is 0. The Labute approximate surface area is 129 Å². The summed E-state index contributed by atoms with van der Waals surface area (Å²) < 4.78 is 0. The molecule has 0 radical (unpaired) electrons. The van der Waals surface area contributed by atoms with Crippen LogP contribution >= 0.6 is 0 Å². The van der Waals surface area contributed by atoms with Crippen LogP contribution in [0, 0.1) is 13.8 Å². The Hall–Kier alpha value is -1.35. The molecule has 0 aliphatic rings. The maximum absolute atomic E-state index is 12.9. The Morgan fingerprint density at radius 3 is 1.90 bits per heavy atom. The zero-order valence-corrected chi connectivity index (χ0v) is 14.7. The fourth-order valence-electron chi connectivity index (χ4n) is 2.70. The number of likely N-dealkylation sites (N-methyl/N-ethyl adjacent to an activating group) is 1. The van der Waals surface area contributed by atoms with Gasteiger partial charge in [0.05, 0.1) is 12.2 Å². The van der Waals surface area contributed by atoms with Crippen molar-refractivity contribution < 1.29 is 4.79 Å². The Kier molecular flexibility index (Phi) is 5.97. The molecule has 0 fully saturated rings. The van der Waals surface area contributed by atoms with Gasteiger partial charge in [0.25, 0.3) is 0 Å². The van der Waals surface area contributed by atoms with Gasteiger partial charge in [-0.05, 0) is 58.8 Å². The number of carbonyl (C=O) groups excluding carboxylic acids is 1. The van der Waals surface area contributed by atoms with Gasteiger partial charge in [0.1, 0.15) is 0 Å². The number of nitrogens with zero attached hydrogens (tertiary/aromatic N) is 2. The molecular formula is C18H30N2O. The summed E-state index contributed by atoms with van der Waals surface area (Å²) in [6, 6.07) is 6.20. The predicted octanol–water partition coefficient (Wildman–Crippen LogP) is 3.78. The number of rotatable bonds is 5. The average molecular weight is 290 g/mol. The molecule has 0 aromatic heterocycles. The number of para-hydroxylation sites is 1. The van der Waals surface area contributed by atoms with Crippen molar-refractivity contribution in [2.75, 3.05) is 24.5 Å². The van der Waals surface area contributed by atoms with Gasteiger partial charge in [0, 0.05) is 5.54 Å². The minimum atomic E-state index is -0.235. The molecule has 0 aliphatic carbocycles. The number of aryl methyl sites for hydroxylation is 2. The largest absolute Gasteiger partial charge is 0.306 e. The molecule has 1 amide bonds. The highest BCUT2D eigenvalue weighted by Gasteiger charge is 2.30. The van der Waals surface area contributed by atoms with Crippen molar-refractivity contribution in [3.63, 3.8) is 0 Å². The first-order valence-electron chi connectivity index (χ1n) is 7.84. The van der Waals surface area contributed by atoms with Gasteiger partial charge >= 0.3 is 0 Å². The van der Waals surface area contributed by atoms with Crippen LogP contribution in [0.4, 0.5) is 5.69 Å². The van der Waals surface area contributed by atoms with E-state index >= 15 is 0 Å². The van der Waals surface area contributed by atoms with Crippen molar-refractivity contribution >= 4 is 11.6 Å². The molecule has 0 atom stereocenters. The molecule has 0 bridgehead atoms. The van der Waals surface area contributed by atoms with E-state index in [0.717, 1.165) is 29.9 Å². The lowest BCUT2D eigenvalue weighted by Crippen LogP contribution is -2.50. The Balaban J connectivity index is 3.22. The molecule has 0 spiro atoms. The zero-order valence-electron chi connectivity index (χ0n) is 14.7. The Morgan fingerprint density at radius 2 is 1.52 bits per heavy atom.